The van der Waals surface area contributed by atoms with Gasteiger partial charge in [0.25, 0.3) is 12.4 Å². The molecule has 1 N–H and O–H groups in total. The van der Waals surface area contributed by atoms with Crippen LogP contribution in [0, 0.1) is 5.92 Å². The first-order valence-corrected chi connectivity index (χ1v) is 6.91. The van der Waals surface area contributed by atoms with Gasteiger partial charge in [0, 0.05) is 13.1 Å². The van der Waals surface area contributed by atoms with Gasteiger partial charge >= 0.3 is 11.8 Å². The van der Waals surface area contributed by atoms with E-state index in [1.54, 1.807) is 6.92 Å². The summed E-state index contributed by atoms with van der Waals surface area (Å²) in [5.41, 5.74) is 2.16. The molecule has 9 nitrogen and oxygen atoms in total. The van der Waals surface area contributed by atoms with Crippen LogP contribution in [0.15, 0.2) is 0 Å². The van der Waals surface area contributed by atoms with E-state index in [1.807, 2.05) is 0 Å². The van der Waals surface area contributed by atoms with Crippen LogP contribution in [0.2, 0.25) is 0 Å². The van der Waals surface area contributed by atoms with Gasteiger partial charge in [0.05, 0.1) is 6.54 Å². The van der Waals surface area contributed by atoms with Gasteiger partial charge in [-0.2, -0.15) is 0 Å². The van der Waals surface area contributed by atoms with E-state index < -0.39 is 35.0 Å². The van der Waals surface area contributed by atoms with Crippen LogP contribution in [0.4, 0.5) is 0 Å². The highest BCUT2D eigenvalue weighted by atomic mass is 35.5. The second-order valence-electron chi connectivity index (χ2n) is 4.54. The summed E-state index contributed by atoms with van der Waals surface area (Å²) < 4.78 is 4.53. The van der Waals surface area contributed by atoms with Gasteiger partial charge in [-0.3, -0.25) is 29.4 Å². The van der Waals surface area contributed by atoms with Gasteiger partial charge < -0.3 is 9.64 Å². The number of nitrogens with zero attached hydrogens (tertiary/aromatic N) is 2. The summed E-state index contributed by atoms with van der Waals surface area (Å²) in [5.74, 6) is -4.08. The molecule has 1 heterocycles. The zero-order chi connectivity index (χ0) is 16.9. The Morgan fingerprint density at radius 2 is 2.00 bits per heavy atom. The molecule has 0 aliphatic carbocycles. The SMILES string of the molecule is CCN1CCN(NC(=O)C(C(=O)Cl)C(C)OC=O)C(=O)C1=O. The third-order valence-electron chi connectivity index (χ3n) is 3.20. The summed E-state index contributed by atoms with van der Waals surface area (Å²) in [6.07, 6.45) is -1.11. The van der Waals surface area contributed by atoms with E-state index in [4.69, 9.17) is 11.6 Å². The highest BCUT2D eigenvalue weighted by Crippen LogP contribution is 2.12. The maximum Gasteiger partial charge on any atom is 0.330 e. The monoisotopic (exact) mass is 333 g/mol. The molecule has 0 bridgehead atoms. The van der Waals surface area contributed by atoms with Crippen molar-refractivity contribution in [1.29, 1.82) is 0 Å². The molecule has 0 aromatic carbocycles. The molecule has 1 rings (SSSR count). The van der Waals surface area contributed by atoms with E-state index in [2.05, 4.69) is 10.2 Å². The number of ether oxygens (including phenoxy) is 1. The van der Waals surface area contributed by atoms with E-state index in [0.29, 0.717) is 6.54 Å². The van der Waals surface area contributed by atoms with Crippen LogP contribution in [0.25, 0.3) is 0 Å². The first-order valence-electron chi connectivity index (χ1n) is 6.53. The summed E-state index contributed by atoms with van der Waals surface area (Å²) in [7, 11) is 0. The smallest absolute Gasteiger partial charge is 0.330 e. The maximum atomic E-state index is 12.0. The first kappa shape index (κ1) is 17.9. The quantitative estimate of drug-likeness (QED) is 0.267. The molecule has 122 valence electrons. The Kier molecular flexibility index (Phi) is 6.29. The minimum Gasteiger partial charge on any atom is -0.464 e. The normalized spacial score (nSPS) is 17.8. The summed E-state index contributed by atoms with van der Waals surface area (Å²) in [5, 5.41) is -0.227. The fourth-order valence-corrected chi connectivity index (χ4v) is 2.23. The molecule has 1 saturated heterocycles. The Morgan fingerprint density at radius 3 is 2.50 bits per heavy atom. The fraction of sp³-hybridized carbons (Fsp3) is 0.583. The largest absolute Gasteiger partial charge is 0.464 e. The van der Waals surface area contributed by atoms with Crippen molar-refractivity contribution < 1.29 is 28.7 Å². The van der Waals surface area contributed by atoms with Crippen molar-refractivity contribution >= 4 is 41.0 Å². The number of nitrogens with one attached hydrogen (secondary N) is 1. The number of amides is 3. The molecular formula is C12H16ClN3O6. The van der Waals surface area contributed by atoms with Crippen LogP contribution in [-0.4, -0.2) is 65.1 Å². The number of carbonyl (C=O) groups excluding carboxylic acids is 5. The molecule has 1 aliphatic rings. The van der Waals surface area contributed by atoms with Gasteiger partial charge in [-0.15, -0.1) is 0 Å². The van der Waals surface area contributed by atoms with E-state index in [9.17, 15) is 24.0 Å². The van der Waals surface area contributed by atoms with Crippen molar-refractivity contribution in [2.75, 3.05) is 19.6 Å². The minimum atomic E-state index is -1.49. The number of hydrogen-bond donors (Lipinski definition) is 1. The number of hydrogen-bond acceptors (Lipinski definition) is 6. The molecule has 0 saturated carbocycles. The zero-order valence-electron chi connectivity index (χ0n) is 12.1. The Balaban J connectivity index is 2.78. The lowest BCUT2D eigenvalue weighted by Crippen LogP contribution is -2.61. The Morgan fingerprint density at radius 1 is 1.36 bits per heavy atom. The van der Waals surface area contributed by atoms with Crippen LogP contribution in [0.5, 0.6) is 0 Å². The van der Waals surface area contributed by atoms with Gasteiger partial charge in [0.15, 0.2) is 5.92 Å². The van der Waals surface area contributed by atoms with Gasteiger partial charge in [-0.1, -0.05) is 0 Å². The average molecular weight is 334 g/mol. The van der Waals surface area contributed by atoms with Crippen molar-refractivity contribution in [3.63, 3.8) is 0 Å². The van der Waals surface area contributed by atoms with E-state index in [1.165, 1.54) is 11.8 Å². The lowest BCUT2D eigenvalue weighted by molar-refractivity contribution is -0.161. The number of hydrazine groups is 1. The zero-order valence-corrected chi connectivity index (χ0v) is 12.8. The van der Waals surface area contributed by atoms with Crippen molar-refractivity contribution in [1.82, 2.24) is 15.3 Å². The molecule has 22 heavy (non-hydrogen) atoms. The van der Waals surface area contributed by atoms with Crippen molar-refractivity contribution in [2.45, 2.75) is 20.0 Å². The topological polar surface area (TPSA) is 113 Å². The van der Waals surface area contributed by atoms with Crippen LogP contribution in [-0.2, 0) is 28.7 Å². The maximum absolute atomic E-state index is 12.0. The summed E-state index contributed by atoms with van der Waals surface area (Å²) in [6.45, 7) is 3.82. The van der Waals surface area contributed by atoms with E-state index in [-0.39, 0.29) is 19.6 Å². The van der Waals surface area contributed by atoms with Crippen molar-refractivity contribution in [3.8, 4) is 0 Å². The third kappa shape index (κ3) is 3.94. The lowest BCUT2D eigenvalue weighted by Gasteiger charge is -2.33. The predicted molar refractivity (Wildman–Crippen MR) is 73.1 cm³/mol. The van der Waals surface area contributed by atoms with E-state index >= 15 is 0 Å². The second kappa shape index (κ2) is 7.74. The highest BCUT2D eigenvalue weighted by Gasteiger charge is 2.37. The third-order valence-corrected chi connectivity index (χ3v) is 3.44. The Labute approximate surface area is 131 Å². The molecule has 0 spiro atoms. The van der Waals surface area contributed by atoms with Crippen LogP contribution in [0.1, 0.15) is 13.8 Å². The number of likely N-dealkylation sites (N-methyl/N-ethyl adjacent to an activating group) is 1. The predicted octanol–water partition coefficient (Wildman–Crippen LogP) is -1.35. The summed E-state index contributed by atoms with van der Waals surface area (Å²) in [6, 6.07) is 0. The van der Waals surface area contributed by atoms with Crippen molar-refractivity contribution in [2.24, 2.45) is 5.92 Å². The Hall–Kier alpha value is -2.16. The first-order chi connectivity index (χ1) is 10.3. The lowest BCUT2D eigenvalue weighted by atomic mass is 10.1. The molecular weight excluding hydrogens is 318 g/mol. The Bertz CT molecular complexity index is 497. The summed E-state index contributed by atoms with van der Waals surface area (Å²) in [4.78, 5) is 58.5. The molecule has 2 unspecified atom stereocenters. The van der Waals surface area contributed by atoms with Gasteiger partial charge in [-0.05, 0) is 25.4 Å². The van der Waals surface area contributed by atoms with Crippen LogP contribution in [0.3, 0.4) is 0 Å². The minimum absolute atomic E-state index is 0.0796. The molecule has 1 aliphatic heterocycles. The average Bonchev–Trinajstić information content (AvgIpc) is 2.44. The molecule has 0 radical (unpaired) electrons. The van der Waals surface area contributed by atoms with Gasteiger partial charge in [0.2, 0.25) is 5.24 Å². The molecule has 10 heteroatoms. The second-order valence-corrected chi connectivity index (χ2v) is 4.91. The van der Waals surface area contributed by atoms with Crippen LogP contribution < -0.4 is 5.43 Å². The van der Waals surface area contributed by atoms with Gasteiger partial charge in [-0.25, -0.2) is 5.01 Å². The standard InChI is InChI=1S/C12H16ClN3O6/c1-3-15-4-5-16(12(21)11(15)20)14-10(19)8(9(13)18)7(2)22-6-17/h6-8H,3-5H2,1-2H3,(H,14,19). The number of carbonyl (C=O) groups is 5. The van der Waals surface area contributed by atoms with E-state index in [0.717, 1.165) is 5.01 Å². The molecule has 0 aromatic heterocycles. The number of rotatable bonds is 7. The highest BCUT2D eigenvalue weighted by molar-refractivity contribution is 6.65. The molecule has 2 atom stereocenters. The summed E-state index contributed by atoms with van der Waals surface area (Å²) >= 11 is 5.32. The molecule has 3 amide bonds. The van der Waals surface area contributed by atoms with Gasteiger partial charge in [0.1, 0.15) is 6.10 Å². The molecule has 0 aromatic rings. The fourth-order valence-electron chi connectivity index (χ4n) is 1.95. The van der Waals surface area contributed by atoms with Crippen molar-refractivity contribution in [3.05, 3.63) is 0 Å². The molecule has 1 fully saturated rings. The number of halogens is 1. The number of piperazine rings is 1. The van der Waals surface area contributed by atoms with Crippen LogP contribution >= 0.6 is 11.6 Å².